The molecule has 0 radical (unpaired) electrons. The summed E-state index contributed by atoms with van der Waals surface area (Å²) in [5.41, 5.74) is 6.82. The molecule has 2 N–H and O–H groups in total. The number of thiophene rings is 1. The first-order valence-corrected chi connectivity index (χ1v) is 6.34. The highest BCUT2D eigenvalue weighted by Gasteiger charge is 2.16. The molecule has 0 aromatic carbocycles. The molecule has 0 fully saturated rings. The van der Waals surface area contributed by atoms with Gasteiger partial charge in [0.05, 0.1) is 24.3 Å². The molecule has 0 saturated heterocycles. The molecular weight excluding hydrogens is 238 g/mol. The van der Waals surface area contributed by atoms with Crippen LogP contribution in [0.2, 0.25) is 0 Å². The standard InChI is InChI=1S/C11H15N3O2S/c1-7(2)15-5-9(12)10-13-11(16-14-10)8-3-4-17-6-8/h3-4,6-7,9H,5,12H2,1-2H3. The van der Waals surface area contributed by atoms with Crippen molar-refractivity contribution in [3.8, 4) is 11.5 Å². The predicted octanol–water partition coefficient (Wildman–Crippen LogP) is 2.22. The maximum absolute atomic E-state index is 5.90. The van der Waals surface area contributed by atoms with Gasteiger partial charge in [-0.3, -0.25) is 0 Å². The third-order valence-electron chi connectivity index (χ3n) is 2.15. The van der Waals surface area contributed by atoms with E-state index in [1.54, 1.807) is 11.3 Å². The van der Waals surface area contributed by atoms with Gasteiger partial charge in [0, 0.05) is 5.38 Å². The number of nitrogens with zero attached hydrogens (tertiary/aromatic N) is 2. The van der Waals surface area contributed by atoms with Gasteiger partial charge in [0.1, 0.15) is 0 Å². The Hall–Kier alpha value is -1.24. The summed E-state index contributed by atoms with van der Waals surface area (Å²) in [6.45, 7) is 4.31. The summed E-state index contributed by atoms with van der Waals surface area (Å²) in [6, 6.07) is 1.58. The fourth-order valence-corrected chi connectivity index (χ4v) is 1.89. The Morgan fingerprint density at radius 3 is 3.00 bits per heavy atom. The van der Waals surface area contributed by atoms with Crippen molar-refractivity contribution in [3.05, 3.63) is 22.7 Å². The molecule has 2 aromatic heterocycles. The summed E-state index contributed by atoms with van der Waals surface area (Å²) < 4.78 is 10.6. The Bertz CT molecular complexity index is 453. The first-order valence-electron chi connectivity index (χ1n) is 5.40. The number of hydrogen-bond acceptors (Lipinski definition) is 6. The lowest BCUT2D eigenvalue weighted by Gasteiger charge is -2.10. The van der Waals surface area contributed by atoms with Gasteiger partial charge in [-0.25, -0.2) is 0 Å². The van der Waals surface area contributed by atoms with E-state index in [0.717, 1.165) is 5.56 Å². The molecule has 5 nitrogen and oxygen atoms in total. The average Bonchev–Trinajstić information content (AvgIpc) is 2.94. The van der Waals surface area contributed by atoms with Crippen LogP contribution in [0.25, 0.3) is 11.5 Å². The van der Waals surface area contributed by atoms with Crippen LogP contribution in [-0.2, 0) is 4.74 Å². The second kappa shape index (κ2) is 5.39. The maximum Gasteiger partial charge on any atom is 0.258 e. The van der Waals surface area contributed by atoms with Gasteiger partial charge in [-0.05, 0) is 25.3 Å². The van der Waals surface area contributed by atoms with Crippen molar-refractivity contribution in [2.75, 3.05) is 6.61 Å². The minimum Gasteiger partial charge on any atom is -0.377 e. The van der Waals surface area contributed by atoms with Crippen LogP contribution in [0.1, 0.15) is 25.7 Å². The zero-order chi connectivity index (χ0) is 12.3. The maximum atomic E-state index is 5.90. The van der Waals surface area contributed by atoms with Crippen LogP contribution in [-0.4, -0.2) is 22.9 Å². The zero-order valence-corrected chi connectivity index (χ0v) is 10.6. The highest BCUT2D eigenvalue weighted by atomic mass is 32.1. The van der Waals surface area contributed by atoms with E-state index in [1.807, 2.05) is 30.7 Å². The van der Waals surface area contributed by atoms with Crippen LogP contribution >= 0.6 is 11.3 Å². The summed E-state index contributed by atoms with van der Waals surface area (Å²) >= 11 is 1.58. The number of aromatic nitrogens is 2. The molecule has 0 bridgehead atoms. The summed E-state index contributed by atoms with van der Waals surface area (Å²) in [5.74, 6) is 0.980. The van der Waals surface area contributed by atoms with E-state index in [9.17, 15) is 0 Å². The lowest BCUT2D eigenvalue weighted by atomic mass is 10.3. The molecule has 0 aliphatic heterocycles. The van der Waals surface area contributed by atoms with Crippen LogP contribution < -0.4 is 5.73 Å². The minimum absolute atomic E-state index is 0.143. The first-order chi connectivity index (χ1) is 8.16. The van der Waals surface area contributed by atoms with Gasteiger partial charge >= 0.3 is 0 Å². The number of nitrogens with two attached hydrogens (primary N) is 1. The van der Waals surface area contributed by atoms with Gasteiger partial charge in [0.25, 0.3) is 5.89 Å². The summed E-state index contributed by atoms with van der Waals surface area (Å²) in [6.07, 6.45) is 0.143. The third-order valence-corrected chi connectivity index (χ3v) is 2.83. The van der Waals surface area contributed by atoms with Gasteiger partial charge in [-0.1, -0.05) is 5.16 Å². The number of rotatable bonds is 5. The Balaban J connectivity index is 2.03. The molecule has 92 valence electrons. The Morgan fingerprint density at radius 2 is 2.35 bits per heavy atom. The normalized spacial score (nSPS) is 13.2. The quantitative estimate of drug-likeness (QED) is 0.884. The molecule has 6 heteroatoms. The van der Waals surface area contributed by atoms with E-state index in [-0.39, 0.29) is 12.1 Å². The second-order valence-electron chi connectivity index (χ2n) is 3.96. The van der Waals surface area contributed by atoms with Crippen molar-refractivity contribution in [3.63, 3.8) is 0 Å². The SMILES string of the molecule is CC(C)OCC(N)c1noc(-c2ccsc2)n1. The Morgan fingerprint density at radius 1 is 1.53 bits per heavy atom. The van der Waals surface area contributed by atoms with Gasteiger partial charge in [0.15, 0.2) is 5.82 Å². The fraction of sp³-hybridized carbons (Fsp3) is 0.455. The second-order valence-corrected chi connectivity index (χ2v) is 4.74. The molecule has 2 aromatic rings. The van der Waals surface area contributed by atoms with E-state index in [2.05, 4.69) is 10.1 Å². The van der Waals surface area contributed by atoms with E-state index >= 15 is 0 Å². The molecule has 0 amide bonds. The van der Waals surface area contributed by atoms with Crippen molar-refractivity contribution in [1.82, 2.24) is 10.1 Å². The molecule has 17 heavy (non-hydrogen) atoms. The molecular formula is C11H15N3O2S. The lowest BCUT2D eigenvalue weighted by Crippen LogP contribution is -2.20. The van der Waals surface area contributed by atoms with Crippen LogP contribution in [0, 0.1) is 0 Å². The van der Waals surface area contributed by atoms with E-state index in [1.165, 1.54) is 0 Å². The largest absolute Gasteiger partial charge is 0.377 e. The van der Waals surface area contributed by atoms with E-state index in [4.69, 9.17) is 15.0 Å². The number of hydrogen-bond donors (Lipinski definition) is 1. The Labute approximate surface area is 104 Å². The van der Waals surface area contributed by atoms with Crippen LogP contribution in [0.5, 0.6) is 0 Å². The molecule has 2 rings (SSSR count). The third kappa shape index (κ3) is 3.12. The smallest absolute Gasteiger partial charge is 0.258 e. The minimum atomic E-state index is -0.353. The molecule has 0 spiro atoms. The molecule has 0 aliphatic rings. The first kappa shape index (κ1) is 12.2. The van der Waals surface area contributed by atoms with Crippen LogP contribution in [0.4, 0.5) is 0 Å². The monoisotopic (exact) mass is 253 g/mol. The van der Waals surface area contributed by atoms with Crippen LogP contribution in [0.15, 0.2) is 21.3 Å². The van der Waals surface area contributed by atoms with Gasteiger partial charge in [0.2, 0.25) is 0 Å². The summed E-state index contributed by atoms with van der Waals surface area (Å²) in [4.78, 5) is 4.25. The fourth-order valence-electron chi connectivity index (χ4n) is 1.26. The molecule has 0 saturated carbocycles. The van der Waals surface area contributed by atoms with Gasteiger partial charge < -0.3 is 15.0 Å². The molecule has 1 unspecified atom stereocenters. The number of ether oxygens (including phenoxy) is 1. The highest BCUT2D eigenvalue weighted by Crippen LogP contribution is 2.21. The average molecular weight is 253 g/mol. The van der Waals surface area contributed by atoms with E-state index < -0.39 is 0 Å². The summed E-state index contributed by atoms with van der Waals surface area (Å²) in [5, 5.41) is 7.77. The lowest BCUT2D eigenvalue weighted by molar-refractivity contribution is 0.0665. The van der Waals surface area contributed by atoms with Gasteiger partial charge in [-0.15, -0.1) is 0 Å². The van der Waals surface area contributed by atoms with Crippen molar-refractivity contribution in [1.29, 1.82) is 0 Å². The summed E-state index contributed by atoms with van der Waals surface area (Å²) in [7, 11) is 0. The molecule has 0 aliphatic carbocycles. The van der Waals surface area contributed by atoms with E-state index in [0.29, 0.717) is 18.3 Å². The Kier molecular flexibility index (Phi) is 3.88. The zero-order valence-electron chi connectivity index (χ0n) is 9.79. The van der Waals surface area contributed by atoms with Gasteiger partial charge in [-0.2, -0.15) is 16.3 Å². The molecule has 2 heterocycles. The predicted molar refractivity (Wildman–Crippen MR) is 65.6 cm³/mol. The van der Waals surface area contributed by atoms with Crippen molar-refractivity contribution < 1.29 is 9.26 Å². The molecule has 1 atom stereocenters. The topological polar surface area (TPSA) is 74.2 Å². The van der Waals surface area contributed by atoms with Crippen LogP contribution in [0.3, 0.4) is 0 Å². The highest BCUT2D eigenvalue weighted by molar-refractivity contribution is 7.08. The van der Waals surface area contributed by atoms with Crippen molar-refractivity contribution in [2.24, 2.45) is 5.73 Å². The van der Waals surface area contributed by atoms with Crippen molar-refractivity contribution in [2.45, 2.75) is 26.0 Å². The van der Waals surface area contributed by atoms with Crippen molar-refractivity contribution >= 4 is 11.3 Å².